The minimum absolute atomic E-state index is 0.0127. The standard InChI is InChI=1S/C18H17F2NO4S/c1-3-26(23,24)14-8-9-16-15(10-14)21(17(22)18(19,20)25-16)11-13-7-5-4-6-12(13)2/h4-10H,3,11H2,1-2H3. The molecular formula is C18H17F2NO4S. The van der Waals surface area contributed by atoms with Gasteiger partial charge in [-0.3, -0.25) is 9.69 Å². The fourth-order valence-corrected chi connectivity index (χ4v) is 3.62. The second-order valence-electron chi connectivity index (χ2n) is 5.97. The molecule has 2 aromatic carbocycles. The Hall–Kier alpha value is -2.48. The third-order valence-corrected chi connectivity index (χ3v) is 6.01. The van der Waals surface area contributed by atoms with Crippen LogP contribution in [0, 0.1) is 6.92 Å². The van der Waals surface area contributed by atoms with Crippen molar-refractivity contribution in [1.29, 1.82) is 0 Å². The topological polar surface area (TPSA) is 63.7 Å². The summed E-state index contributed by atoms with van der Waals surface area (Å²) in [5, 5.41) is 0. The number of aryl methyl sites for hydroxylation is 1. The van der Waals surface area contributed by atoms with Crippen molar-refractivity contribution < 1.29 is 26.7 Å². The Labute approximate surface area is 150 Å². The molecule has 5 nitrogen and oxygen atoms in total. The second kappa shape index (κ2) is 6.35. The Balaban J connectivity index is 2.13. The largest absolute Gasteiger partial charge is 0.482 e. The molecule has 0 saturated heterocycles. The van der Waals surface area contributed by atoms with Gasteiger partial charge >= 0.3 is 12.0 Å². The molecule has 0 bridgehead atoms. The molecule has 0 N–H and O–H groups in total. The van der Waals surface area contributed by atoms with Gasteiger partial charge in [-0.25, -0.2) is 8.42 Å². The molecule has 138 valence electrons. The highest BCUT2D eigenvalue weighted by Gasteiger charge is 2.50. The van der Waals surface area contributed by atoms with E-state index in [-0.39, 0.29) is 28.6 Å². The number of halogens is 2. The molecule has 3 rings (SSSR count). The minimum atomic E-state index is -4.01. The summed E-state index contributed by atoms with van der Waals surface area (Å²) in [5.74, 6) is -1.91. The van der Waals surface area contributed by atoms with Crippen LogP contribution in [0.4, 0.5) is 14.5 Å². The van der Waals surface area contributed by atoms with Gasteiger partial charge in [-0.15, -0.1) is 0 Å². The van der Waals surface area contributed by atoms with Crippen LogP contribution in [-0.4, -0.2) is 26.2 Å². The number of alkyl halides is 2. The number of ether oxygens (including phenoxy) is 1. The van der Waals surface area contributed by atoms with Crippen molar-refractivity contribution in [2.45, 2.75) is 31.4 Å². The minimum Gasteiger partial charge on any atom is -0.423 e. The first kappa shape index (κ1) is 18.3. The molecule has 1 heterocycles. The number of rotatable bonds is 4. The first-order valence-corrected chi connectivity index (χ1v) is 9.61. The van der Waals surface area contributed by atoms with E-state index in [0.717, 1.165) is 16.5 Å². The van der Waals surface area contributed by atoms with E-state index in [1.807, 2.05) is 0 Å². The lowest BCUT2D eigenvalue weighted by molar-refractivity contribution is -0.193. The second-order valence-corrected chi connectivity index (χ2v) is 8.25. The lowest BCUT2D eigenvalue weighted by atomic mass is 10.1. The van der Waals surface area contributed by atoms with E-state index >= 15 is 0 Å². The van der Waals surface area contributed by atoms with Gasteiger partial charge in [0.15, 0.2) is 15.6 Å². The quantitative estimate of drug-likeness (QED) is 0.815. The van der Waals surface area contributed by atoms with Crippen molar-refractivity contribution in [1.82, 2.24) is 0 Å². The number of nitrogens with zero attached hydrogens (tertiary/aromatic N) is 1. The number of benzene rings is 2. The highest BCUT2D eigenvalue weighted by molar-refractivity contribution is 7.91. The van der Waals surface area contributed by atoms with Gasteiger partial charge < -0.3 is 4.74 Å². The van der Waals surface area contributed by atoms with Crippen molar-refractivity contribution in [2.24, 2.45) is 0 Å². The van der Waals surface area contributed by atoms with Crippen LogP contribution < -0.4 is 9.64 Å². The Morgan fingerprint density at radius 3 is 2.50 bits per heavy atom. The first-order valence-electron chi connectivity index (χ1n) is 7.96. The van der Waals surface area contributed by atoms with Crippen LogP contribution in [0.25, 0.3) is 0 Å². The monoisotopic (exact) mass is 381 g/mol. The molecule has 0 radical (unpaired) electrons. The highest BCUT2D eigenvalue weighted by Crippen LogP contribution is 2.41. The van der Waals surface area contributed by atoms with Crippen molar-refractivity contribution in [3.8, 4) is 5.75 Å². The van der Waals surface area contributed by atoms with Crippen LogP contribution in [0.2, 0.25) is 0 Å². The number of sulfone groups is 1. The number of carbonyl (C=O) groups is 1. The van der Waals surface area contributed by atoms with Crippen molar-refractivity contribution in [3.05, 3.63) is 53.6 Å². The summed E-state index contributed by atoms with van der Waals surface area (Å²) in [6.45, 7) is 3.17. The summed E-state index contributed by atoms with van der Waals surface area (Å²) >= 11 is 0. The zero-order valence-corrected chi connectivity index (χ0v) is 15.0. The van der Waals surface area contributed by atoms with Gasteiger partial charge in [0, 0.05) is 0 Å². The van der Waals surface area contributed by atoms with E-state index in [9.17, 15) is 22.0 Å². The third-order valence-electron chi connectivity index (χ3n) is 4.28. The highest BCUT2D eigenvalue weighted by atomic mass is 32.2. The van der Waals surface area contributed by atoms with Crippen LogP contribution in [0.5, 0.6) is 5.75 Å². The normalized spacial score (nSPS) is 16.2. The zero-order valence-electron chi connectivity index (χ0n) is 14.2. The van der Waals surface area contributed by atoms with Gasteiger partial charge in [-0.1, -0.05) is 31.2 Å². The molecule has 1 aliphatic rings. The Bertz CT molecular complexity index is 973. The van der Waals surface area contributed by atoms with Crippen LogP contribution in [0.15, 0.2) is 47.4 Å². The van der Waals surface area contributed by atoms with Gasteiger partial charge in [-0.2, -0.15) is 8.78 Å². The van der Waals surface area contributed by atoms with Crippen LogP contribution in [0.3, 0.4) is 0 Å². The smallest absolute Gasteiger partial charge is 0.423 e. The van der Waals surface area contributed by atoms with E-state index in [1.54, 1.807) is 31.2 Å². The molecule has 1 aliphatic heterocycles. The number of hydrogen-bond acceptors (Lipinski definition) is 4. The molecule has 0 fully saturated rings. The number of carbonyl (C=O) groups excluding carboxylic acids is 1. The Kier molecular flexibility index (Phi) is 4.47. The van der Waals surface area contributed by atoms with Crippen molar-refractivity contribution in [3.63, 3.8) is 0 Å². The van der Waals surface area contributed by atoms with Crippen LogP contribution in [-0.2, 0) is 21.2 Å². The van der Waals surface area contributed by atoms with E-state index in [1.165, 1.54) is 19.1 Å². The molecule has 2 aromatic rings. The fourth-order valence-electron chi connectivity index (χ4n) is 2.72. The van der Waals surface area contributed by atoms with E-state index in [4.69, 9.17) is 0 Å². The van der Waals surface area contributed by atoms with Crippen molar-refractivity contribution >= 4 is 21.4 Å². The molecule has 0 spiro atoms. The number of anilines is 1. The maximum Gasteiger partial charge on any atom is 0.482 e. The third kappa shape index (κ3) is 3.16. The van der Waals surface area contributed by atoms with Gasteiger partial charge in [0.2, 0.25) is 0 Å². The summed E-state index contributed by atoms with van der Waals surface area (Å²) in [6.07, 6.45) is -4.01. The Morgan fingerprint density at radius 1 is 1.15 bits per heavy atom. The lowest BCUT2D eigenvalue weighted by Gasteiger charge is -2.34. The number of amides is 1. The van der Waals surface area contributed by atoms with E-state index in [2.05, 4.69) is 4.74 Å². The van der Waals surface area contributed by atoms with Gasteiger partial charge in [0.05, 0.1) is 22.9 Å². The number of hydrogen-bond donors (Lipinski definition) is 0. The summed E-state index contributed by atoms with van der Waals surface area (Å²) in [4.78, 5) is 13.1. The van der Waals surface area contributed by atoms with Gasteiger partial charge in [-0.05, 0) is 36.2 Å². The average molecular weight is 381 g/mol. The van der Waals surface area contributed by atoms with Gasteiger partial charge in [0.25, 0.3) is 0 Å². The molecule has 8 heteroatoms. The SMILES string of the molecule is CCS(=O)(=O)c1ccc2c(c1)N(Cc1ccccc1C)C(=O)C(F)(F)O2. The van der Waals surface area contributed by atoms with E-state index in [0.29, 0.717) is 5.56 Å². The maximum absolute atomic E-state index is 14.0. The summed E-state index contributed by atoms with van der Waals surface area (Å²) < 4.78 is 56.8. The molecule has 0 atom stereocenters. The zero-order chi connectivity index (χ0) is 19.1. The predicted molar refractivity (Wildman–Crippen MR) is 92.1 cm³/mol. The predicted octanol–water partition coefficient (Wildman–Crippen LogP) is 3.31. The van der Waals surface area contributed by atoms with E-state index < -0.39 is 21.9 Å². The Morgan fingerprint density at radius 2 is 1.85 bits per heavy atom. The van der Waals surface area contributed by atoms with Crippen LogP contribution >= 0.6 is 0 Å². The summed E-state index contributed by atoms with van der Waals surface area (Å²) in [7, 11) is -3.56. The molecular weight excluding hydrogens is 364 g/mol. The first-order chi connectivity index (χ1) is 12.2. The fraction of sp³-hybridized carbons (Fsp3) is 0.278. The van der Waals surface area contributed by atoms with Crippen LogP contribution in [0.1, 0.15) is 18.1 Å². The molecule has 0 aliphatic carbocycles. The number of fused-ring (bicyclic) bond motifs is 1. The molecule has 0 aromatic heterocycles. The molecule has 26 heavy (non-hydrogen) atoms. The molecule has 0 saturated carbocycles. The molecule has 0 unspecified atom stereocenters. The van der Waals surface area contributed by atoms with Crippen molar-refractivity contribution in [2.75, 3.05) is 10.7 Å². The summed E-state index contributed by atoms with van der Waals surface area (Å²) in [6, 6.07) is 10.6. The maximum atomic E-state index is 14.0. The summed E-state index contributed by atoms with van der Waals surface area (Å²) in [5.41, 5.74) is 1.51. The average Bonchev–Trinajstić information content (AvgIpc) is 2.60. The molecule has 1 amide bonds. The lowest BCUT2D eigenvalue weighted by Crippen LogP contribution is -2.50. The van der Waals surface area contributed by atoms with Gasteiger partial charge in [0.1, 0.15) is 0 Å².